The van der Waals surface area contributed by atoms with Gasteiger partial charge in [0.1, 0.15) is 11.4 Å². The average Bonchev–Trinajstić information content (AvgIpc) is 2.45. The van der Waals surface area contributed by atoms with Crippen molar-refractivity contribution in [2.75, 3.05) is 11.4 Å². The number of ether oxygens (including phenoxy) is 1. The number of nitro benzene ring substituents is 1. The molecule has 1 aromatic heterocycles. The van der Waals surface area contributed by atoms with E-state index in [4.69, 9.17) is 4.74 Å². The third kappa shape index (κ3) is 2.52. The van der Waals surface area contributed by atoms with Gasteiger partial charge in [0, 0.05) is 24.3 Å². The van der Waals surface area contributed by atoms with Crippen molar-refractivity contribution in [2.24, 2.45) is 0 Å². The van der Waals surface area contributed by atoms with Gasteiger partial charge in [-0.05, 0) is 19.9 Å². The molecule has 0 spiro atoms. The minimum Gasteiger partial charge on any atom is -0.619 e. The highest BCUT2D eigenvalue weighted by molar-refractivity contribution is 5.73. The second-order valence-electron chi connectivity index (χ2n) is 5.77. The van der Waals surface area contributed by atoms with Gasteiger partial charge in [0.2, 0.25) is 0 Å². The van der Waals surface area contributed by atoms with Crippen LogP contribution in [0.15, 0.2) is 42.7 Å². The number of aromatic nitrogens is 1. The van der Waals surface area contributed by atoms with Crippen LogP contribution in [0.1, 0.15) is 13.8 Å². The zero-order valence-electron chi connectivity index (χ0n) is 12.2. The van der Waals surface area contributed by atoms with Gasteiger partial charge in [-0.25, -0.2) is 0 Å². The molecule has 0 aliphatic carbocycles. The summed E-state index contributed by atoms with van der Waals surface area (Å²) >= 11 is 0. The second-order valence-corrected chi connectivity index (χ2v) is 5.77. The van der Waals surface area contributed by atoms with Gasteiger partial charge in [-0.2, -0.15) is 4.73 Å². The van der Waals surface area contributed by atoms with Crippen LogP contribution in [0.2, 0.25) is 0 Å². The molecule has 0 saturated carbocycles. The van der Waals surface area contributed by atoms with E-state index in [-0.39, 0.29) is 5.69 Å². The van der Waals surface area contributed by atoms with Gasteiger partial charge in [0.15, 0.2) is 12.4 Å². The summed E-state index contributed by atoms with van der Waals surface area (Å²) in [6.07, 6.45) is 2.80. The Hall–Kier alpha value is -2.83. The summed E-state index contributed by atoms with van der Waals surface area (Å²) < 4.78 is 6.60. The molecule has 0 saturated heterocycles. The normalized spacial score (nSPS) is 15.8. The van der Waals surface area contributed by atoms with E-state index in [1.165, 1.54) is 24.5 Å². The molecular weight excluding hydrogens is 286 g/mol. The fourth-order valence-corrected chi connectivity index (χ4v) is 2.53. The van der Waals surface area contributed by atoms with Gasteiger partial charge in [0.05, 0.1) is 22.8 Å². The van der Waals surface area contributed by atoms with Crippen LogP contribution in [0, 0.1) is 15.3 Å². The third-order valence-corrected chi connectivity index (χ3v) is 3.47. The van der Waals surface area contributed by atoms with Crippen molar-refractivity contribution in [2.45, 2.75) is 19.4 Å². The molecule has 114 valence electrons. The first kappa shape index (κ1) is 14.1. The molecule has 0 bridgehead atoms. The lowest BCUT2D eigenvalue weighted by Crippen LogP contribution is -2.45. The molecule has 0 atom stereocenters. The topological polar surface area (TPSA) is 82.5 Å². The van der Waals surface area contributed by atoms with E-state index in [9.17, 15) is 15.3 Å². The van der Waals surface area contributed by atoms with Crippen LogP contribution in [0.3, 0.4) is 0 Å². The van der Waals surface area contributed by atoms with Crippen molar-refractivity contribution in [3.63, 3.8) is 0 Å². The molecule has 7 heteroatoms. The number of benzene rings is 1. The second kappa shape index (κ2) is 4.87. The number of anilines is 2. The lowest BCUT2D eigenvalue weighted by Gasteiger charge is -2.40. The van der Waals surface area contributed by atoms with Crippen LogP contribution < -0.4 is 14.4 Å². The van der Waals surface area contributed by atoms with E-state index in [0.717, 1.165) is 5.69 Å². The zero-order valence-corrected chi connectivity index (χ0v) is 12.2. The lowest BCUT2D eigenvalue weighted by molar-refractivity contribution is -0.605. The van der Waals surface area contributed by atoms with Crippen molar-refractivity contribution < 1.29 is 14.4 Å². The molecule has 0 N–H and O–H groups in total. The molecule has 0 amide bonds. The van der Waals surface area contributed by atoms with E-state index in [1.807, 2.05) is 18.7 Å². The summed E-state index contributed by atoms with van der Waals surface area (Å²) in [4.78, 5) is 12.5. The smallest absolute Gasteiger partial charge is 0.271 e. The fourth-order valence-electron chi connectivity index (χ4n) is 2.53. The molecule has 22 heavy (non-hydrogen) atoms. The molecule has 2 heterocycles. The average molecular weight is 301 g/mol. The Morgan fingerprint density at radius 1 is 1.27 bits per heavy atom. The Morgan fingerprint density at radius 3 is 2.59 bits per heavy atom. The maximum atomic E-state index is 11.2. The highest BCUT2D eigenvalue weighted by Gasteiger charge is 2.33. The van der Waals surface area contributed by atoms with E-state index >= 15 is 0 Å². The number of rotatable bonds is 2. The van der Waals surface area contributed by atoms with Crippen molar-refractivity contribution in [1.29, 1.82) is 0 Å². The molecule has 7 nitrogen and oxygen atoms in total. The van der Waals surface area contributed by atoms with Crippen LogP contribution in [-0.2, 0) is 0 Å². The van der Waals surface area contributed by atoms with Crippen molar-refractivity contribution in [3.8, 4) is 5.75 Å². The number of pyridine rings is 1. The predicted molar refractivity (Wildman–Crippen MR) is 80.2 cm³/mol. The Kier molecular flexibility index (Phi) is 3.13. The first-order chi connectivity index (χ1) is 10.4. The first-order valence-corrected chi connectivity index (χ1v) is 6.80. The Bertz CT molecular complexity index is 728. The van der Waals surface area contributed by atoms with Crippen LogP contribution in [0.25, 0.3) is 0 Å². The number of nitro groups is 1. The highest BCUT2D eigenvalue weighted by atomic mass is 16.6. The van der Waals surface area contributed by atoms with Gasteiger partial charge in [-0.1, -0.05) is 0 Å². The zero-order chi connectivity index (χ0) is 15.9. The third-order valence-electron chi connectivity index (χ3n) is 3.47. The number of nitrogens with zero attached hydrogens (tertiary/aromatic N) is 3. The number of non-ortho nitro benzene ring substituents is 1. The van der Waals surface area contributed by atoms with Gasteiger partial charge in [-0.15, -0.1) is 0 Å². The van der Waals surface area contributed by atoms with Crippen molar-refractivity contribution in [1.82, 2.24) is 0 Å². The largest absolute Gasteiger partial charge is 0.619 e. The summed E-state index contributed by atoms with van der Waals surface area (Å²) in [6.45, 7) is 4.41. The molecule has 1 aliphatic rings. The molecule has 0 radical (unpaired) electrons. The van der Waals surface area contributed by atoms with Crippen LogP contribution in [-0.4, -0.2) is 17.1 Å². The standard InChI is InChI=1S/C15H15N3O4/c1-15(2)10-17(11-5-7-16(19)8-6-11)13-9-12(18(20)21)3-4-14(13)22-15/h3-9H,10H2,1-2H3. The minimum atomic E-state index is -0.452. The Balaban J connectivity index is 2.12. The molecule has 0 fully saturated rings. The summed E-state index contributed by atoms with van der Waals surface area (Å²) in [6, 6.07) is 7.88. The fraction of sp³-hybridized carbons (Fsp3) is 0.267. The summed E-state index contributed by atoms with van der Waals surface area (Å²) in [5.41, 5.74) is 0.955. The number of hydrogen-bond donors (Lipinski definition) is 0. The lowest BCUT2D eigenvalue weighted by atomic mass is 10.0. The van der Waals surface area contributed by atoms with Gasteiger partial charge in [0.25, 0.3) is 5.69 Å². The molecule has 2 aromatic rings. The van der Waals surface area contributed by atoms with Gasteiger partial charge >= 0.3 is 0 Å². The minimum absolute atomic E-state index is 0.00174. The van der Waals surface area contributed by atoms with Crippen LogP contribution in [0.5, 0.6) is 5.75 Å². The van der Waals surface area contributed by atoms with E-state index in [1.54, 1.807) is 18.2 Å². The predicted octanol–water partition coefficient (Wildman–Crippen LogP) is 2.54. The molecule has 3 rings (SSSR count). The molecule has 1 aliphatic heterocycles. The van der Waals surface area contributed by atoms with Crippen molar-refractivity contribution in [3.05, 3.63) is 58.0 Å². The Morgan fingerprint density at radius 2 is 1.95 bits per heavy atom. The van der Waals surface area contributed by atoms with E-state index in [2.05, 4.69) is 0 Å². The monoisotopic (exact) mass is 301 g/mol. The maximum absolute atomic E-state index is 11.2. The summed E-state index contributed by atoms with van der Waals surface area (Å²) in [5, 5.41) is 22.2. The molecule has 0 unspecified atom stereocenters. The Labute approximate surface area is 127 Å². The van der Waals surface area contributed by atoms with Crippen LogP contribution in [0.4, 0.5) is 17.1 Å². The van der Waals surface area contributed by atoms with E-state index in [0.29, 0.717) is 22.7 Å². The van der Waals surface area contributed by atoms with Crippen LogP contribution >= 0.6 is 0 Å². The SMILES string of the molecule is CC1(C)CN(c2cc[n+]([O-])cc2)c2cc([N+](=O)[O-])ccc2O1. The first-order valence-electron chi connectivity index (χ1n) is 6.80. The van der Waals surface area contributed by atoms with Gasteiger partial charge in [-0.3, -0.25) is 10.1 Å². The summed E-state index contributed by atoms with van der Waals surface area (Å²) in [7, 11) is 0. The number of fused-ring (bicyclic) bond motifs is 1. The van der Waals surface area contributed by atoms with Gasteiger partial charge < -0.3 is 14.8 Å². The molecule has 1 aromatic carbocycles. The summed E-state index contributed by atoms with van der Waals surface area (Å²) in [5.74, 6) is 0.584. The molecular formula is C15H15N3O4. The van der Waals surface area contributed by atoms with E-state index < -0.39 is 10.5 Å². The van der Waals surface area contributed by atoms with Crippen molar-refractivity contribution >= 4 is 17.1 Å². The maximum Gasteiger partial charge on any atom is 0.271 e. The quantitative estimate of drug-likeness (QED) is 0.368. The number of hydrogen-bond acceptors (Lipinski definition) is 5. The highest BCUT2D eigenvalue weighted by Crippen LogP contribution is 2.42.